The number of hydrogen-bond acceptors (Lipinski definition) is 5. The van der Waals surface area contributed by atoms with Crippen LogP contribution in [-0.2, 0) is 6.54 Å². The van der Waals surface area contributed by atoms with Crippen LogP contribution in [0.2, 0.25) is 0 Å². The molecule has 0 saturated carbocycles. The molecule has 86 valence electrons. The first-order valence-corrected chi connectivity index (χ1v) is 6.18. The van der Waals surface area contributed by atoms with Gasteiger partial charge in [0.2, 0.25) is 0 Å². The van der Waals surface area contributed by atoms with Crippen LogP contribution in [0.4, 0.5) is 0 Å². The Balaban J connectivity index is 2.25. The van der Waals surface area contributed by atoms with E-state index in [0.717, 1.165) is 40.8 Å². The van der Waals surface area contributed by atoms with Crippen molar-refractivity contribution < 1.29 is 4.52 Å². The normalized spacial score (nSPS) is 10.9. The molecule has 2 aromatic rings. The Labute approximate surface area is 98.7 Å². The zero-order valence-electron chi connectivity index (χ0n) is 9.70. The second kappa shape index (κ2) is 4.76. The molecular weight excluding hydrogens is 222 g/mol. The third kappa shape index (κ3) is 2.15. The molecule has 0 aliphatic rings. The molecule has 0 fully saturated rings. The molecule has 1 N–H and O–H groups in total. The van der Waals surface area contributed by atoms with Crippen molar-refractivity contribution in [2.24, 2.45) is 0 Å². The molecular formula is C11H15N3OS. The molecule has 0 saturated heterocycles. The van der Waals surface area contributed by atoms with Gasteiger partial charge in [-0.1, -0.05) is 12.1 Å². The summed E-state index contributed by atoms with van der Waals surface area (Å²) in [6.45, 7) is 7.72. The van der Waals surface area contributed by atoms with Gasteiger partial charge in [0.25, 0.3) is 0 Å². The Morgan fingerprint density at radius 2 is 2.25 bits per heavy atom. The Hall–Kier alpha value is -1.20. The molecule has 0 aliphatic heterocycles. The quantitative estimate of drug-likeness (QED) is 0.887. The molecule has 0 unspecified atom stereocenters. The van der Waals surface area contributed by atoms with Gasteiger partial charge in [-0.3, -0.25) is 0 Å². The fourth-order valence-electron chi connectivity index (χ4n) is 1.54. The van der Waals surface area contributed by atoms with Crippen molar-refractivity contribution in [1.29, 1.82) is 0 Å². The van der Waals surface area contributed by atoms with Crippen LogP contribution in [0.5, 0.6) is 0 Å². The van der Waals surface area contributed by atoms with E-state index in [1.807, 2.05) is 13.8 Å². The topological polar surface area (TPSA) is 51.0 Å². The van der Waals surface area contributed by atoms with Crippen molar-refractivity contribution >= 4 is 11.3 Å². The van der Waals surface area contributed by atoms with E-state index in [1.165, 1.54) is 0 Å². The minimum absolute atomic E-state index is 0.816. The van der Waals surface area contributed by atoms with E-state index in [4.69, 9.17) is 4.52 Å². The van der Waals surface area contributed by atoms with Gasteiger partial charge in [0, 0.05) is 11.9 Å². The molecule has 2 aromatic heterocycles. The second-order valence-corrected chi connectivity index (χ2v) is 4.48. The highest BCUT2D eigenvalue weighted by molar-refractivity contribution is 7.13. The van der Waals surface area contributed by atoms with Crippen LogP contribution in [0.25, 0.3) is 10.6 Å². The van der Waals surface area contributed by atoms with Crippen LogP contribution in [0.3, 0.4) is 0 Å². The summed E-state index contributed by atoms with van der Waals surface area (Å²) in [5.41, 5.74) is 3.01. The molecule has 2 heterocycles. The predicted molar refractivity (Wildman–Crippen MR) is 64.5 cm³/mol. The molecule has 0 spiro atoms. The second-order valence-electron chi connectivity index (χ2n) is 3.62. The van der Waals surface area contributed by atoms with E-state index in [-0.39, 0.29) is 0 Å². The van der Waals surface area contributed by atoms with Gasteiger partial charge in [-0.25, -0.2) is 4.98 Å². The molecule has 0 bridgehead atoms. The van der Waals surface area contributed by atoms with Gasteiger partial charge in [0.05, 0.1) is 17.0 Å². The average Bonchev–Trinajstić information content (AvgIpc) is 2.83. The lowest BCUT2D eigenvalue weighted by atomic mass is 10.2. The summed E-state index contributed by atoms with van der Waals surface area (Å²) < 4.78 is 5.14. The summed E-state index contributed by atoms with van der Waals surface area (Å²) in [5, 5.41) is 10.3. The summed E-state index contributed by atoms with van der Waals surface area (Å²) in [6, 6.07) is 0. The van der Waals surface area contributed by atoms with E-state index < -0.39 is 0 Å². The number of nitrogens with zero attached hydrogens (tertiary/aromatic N) is 2. The third-order valence-electron chi connectivity index (χ3n) is 2.36. The minimum atomic E-state index is 0.816. The third-order valence-corrected chi connectivity index (χ3v) is 3.26. The van der Waals surface area contributed by atoms with Gasteiger partial charge in [-0.15, -0.1) is 11.3 Å². The SMILES string of the molecule is CCNCc1csc(-c2c(C)noc2C)n1. The van der Waals surface area contributed by atoms with Gasteiger partial charge < -0.3 is 9.84 Å². The first-order chi connectivity index (χ1) is 7.72. The van der Waals surface area contributed by atoms with Crippen molar-refractivity contribution in [3.05, 3.63) is 22.5 Å². The first-order valence-electron chi connectivity index (χ1n) is 5.30. The molecule has 4 nitrogen and oxygen atoms in total. The number of hydrogen-bond donors (Lipinski definition) is 1. The number of aromatic nitrogens is 2. The Bertz CT molecular complexity index is 456. The zero-order valence-corrected chi connectivity index (χ0v) is 10.5. The van der Waals surface area contributed by atoms with Crippen LogP contribution in [0, 0.1) is 13.8 Å². The summed E-state index contributed by atoms with van der Waals surface area (Å²) >= 11 is 1.63. The predicted octanol–water partition coefficient (Wildman–Crippen LogP) is 2.52. The van der Waals surface area contributed by atoms with Crippen molar-refractivity contribution in [2.45, 2.75) is 27.3 Å². The van der Waals surface area contributed by atoms with Crippen LogP contribution in [0.1, 0.15) is 24.1 Å². The zero-order chi connectivity index (χ0) is 11.5. The van der Waals surface area contributed by atoms with Gasteiger partial charge >= 0.3 is 0 Å². The van der Waals surface area contributed by atoms with Gasteiger partial charge in [0.15, 0.2) is 0 Å². The summed E-state index contributed by atoms with van der Waals surface area (Å²) in [5.74, 6) is 0.835. The molecule has 5 heteroatoms. The maximum atomic E-state index is 5.14. The number of nitrogens with one attached hydrogen (secondary N) is 1. The summed E-state index contributed by atoms with van der Waals surface area (Å²) in [7, 11) is 0. The van der Waals surface area contributed by atoms with Gasteiger partial charge in [-0.2, -0.15) is 0 Å². The van der Waals surface area contributed by atoms with Crippen molar-refractivity contribution in [1.82, 2.24) is 15.5 Å². The summed E-state index contributed by atoms with van der Waals surface area (Å²) in [4.78, 5) is 4.57. The van der Waals surface area contributed by atoms with Crippen molar-refractivity contribution in [3.8, 4) is 10.6 Å². The highest BCUT2D eigenvalue weighted by Gasteiger charge is 2.14. The van der Waals surface area contributed by atoms with E-state index >= 15 is 0 Å². The Kier molecular flexibility index (Phi) is 3.36. The maximum Gasteiger partial charge on any atom is 0.144 e. The van der Waals surface area contributed by atoms with Gasteiger partial charge in [-0.05, 0) is 20.4 Å². The smallest absolute Gasteiger partial charge is 0.144 e. The molecule has 0 aromatic carbocycles. The monoisotopic (exact) mass is 237 g/mol. The van der Waals surface area contributed by atoms with Crippen molar-refractivity contribution in [2.75, 3.05) is 6.54 Å². The van der Waals surface area contributed by atoms with Gasteiger partial charge in [0.1, 0.15) is 10.8 Å². The van der Waals surface area contributed by atoms with Crippen LogP contribution < -0.4 is 5.32 Å². The van der Waals surface area contributed by atoms with Crippen LogP contribution in [-0.4, -0.2) is 16.7 Å². The largest absolute Gasteiger partial charge is 0.361 e. The van der Waals surface area contributed by atoms with E-state index in [0.29, 0.717) is 0 Å². The fourth-order valence-corrected chi connectivity index (χ4v) is 2.51. The molecule has 2 rings (SSSR count). The number of thiazole rings is 1. The van der Waals surface area contributed by atoms with E-state index in [2.05, 4.69) is 27.8 Å². The van der Waals surface area contributed by atoms with Crippen LogP contribution >= 0.6 is 11.3 Å². The van der Waals surface area contributed by atoms with E-state index in [9.17, 15) is 0 Å². The maximum absolute atomic E-state index is 5.14. The first kappa shape index (κ1) is 11.3. The van der Waals surface area contributed by atoms with E-state index in [1.54, 1.807) is 11.3 Å². The summed E-state index contributed by atoms with van der Waals surface area (Å²) in [6.07, 6.45) is 0. The molecule has 0 radical (unpaired) electrons. The number of rotatable bonds is 4. The average molecular weight is 237 g/mol. The standard InChI is InChI=1S/C11H15N3OS/c1-4-12-5-9-6-16-11(13-9)10-7(2)14-15-8(10)3/h6,12H,4-5H2,1-3H3. The highest BCUT2D eigenvalue weighted by Crippen LogP contribution is 2.29. The molecule has 16 heavy (non-hydrogen) atoms. The Morgan fingerprint density at radius 1 is 1.44 bits per heavy atom. The minimum Gasteiger partial charge on any atom is -0.361 e. The lowest BCUT2D eigenvalue weighted by Gasteiger charge is -1.96. The fraction of sp³-hybridized carbons (Fsp3) is 0.455. The molecule has 0 atom stereocenters. The van der Waals surface area contributed by atoms with Crippen molar-refractivity contribution in [3.63, 3.8) is 0 Å². The number of aryl methyl sites for hydroxylation is 2. The van der Waals surface area contributed by atoms with Crippen LogP contribution in [0.15, 0.2) is 9.90 Å². The molecule has 0 amide bonds. The highest BCUT2D eigenvalue weighted by atomic mass is 32.1. The Morgan fingerprint density at radius 3 is 2.88 bits per heavy atom. The lowest BCUT2D eigenvalue weighted by Crippen LogP contribution is -2.11. The molecule has 0 aliphatic carbocycles. The lowest BCUT2D eigenvalue weighted by molar-refractivity contribution is 0.393.